The van der Waals surface area contributed by atoms with E-state index in [1.54, 1.807) is 36.6 Å². The zero-order valence-electron chi connectivity index (χ0n) is 11.9. The summed E-state index contributed by atoms with van der Waals surface area (Å²) >= 11 is 1.66. The van der Waals surface area contributed by atoms with Crippen LogP contribution in [0.1, 0.15) is 34.8 Å². The van der Waals surface area contributed by atoms with Crippen molar-refractivity contribution in [1.29, 1.82) is 0 Å². The first kappa shape index (κ1) is 13.9. The highest BCUT2D eigenvalue weighted by molar-refractivity contribution is 7.08. The van der Waals surface area contributed by atoms with Gasteiger partial charge in [-0.25, -0.2) is 0 Å². The van der Waals surface area contributed by atoms with Crippen LogP contribution in [-0.2, 0) is 0 Å². The van der Waals surface area contributed by atoms with Gasteiger partial charge in [0.1, 0.15) is 5.75 Å². The number of nitrogen functional groups attached to an aromatic ring is 1. The molecule has 1 aliphatic heterocycles. The van der Waals surface area contributed by atoms with Crippen LogP contribution in [0.2, 0.25) is 0 Å². The van der Waals surface area contributed by atoms with E-state index in [1.165, 1.54) is 5.56 Å². The Morgan fingerprint density at radius 2 is 2.29 bits per heavy atom. The highest BCUT2D eigenvalue weighted by atomic mass is 32.1. The summed E-state index contributed by atoms with van der Waals surface area (Å²) in [5.74, 6) is 0.568. The van der Waals surface area contributed by atoms with Gasteiger partial charge in [-0.3, -0.25) is 4.79 Å². The number of nitrogens with zero attached hydrogens (tertiary/aromatic N) is 1. The van der Waals surface area contributed by atoms with Crippen molar-refractivity contribution in [3.8, 4) is 5.75 Å². The molecule has 1 atom stereocenters. The van der Waals surface area contributed by atoms with E-state index in [4.69, 9.17) is 10.5 Å². The second kappa shape index (κ2) is 5.77. The third-order valence-electron chi connectivity index (χ3n) is 3.90. The molecule has 2 aromatic rings. The third-order valence-corrected chi connectivity index (χ3v) is 4.60. The predicted molar refractivity (Wildman–Crippen MR) is 84.7 cm³/mol. The van der Waals surface area contributed by atoms with Gasteiger partial charge in [-0.15, -0.1) is 0 Å². The Hall–Kier alpha value is -2.01. The van der Waals surface area contributed by atoms with Crippen molar-refractivity contribution in [2.24, 2.45) is 0 Å². The average Bonchev–Trinajstić information content (AvgIpc) is 3.16. The molecule has 0 bridgehead atoms. The second-order valence-corrected chi connectivity index (χ2v) is 5.95. The molecule has 0 spiro atoms. The molecule has 2 heterocycles. The summed E-state index contributed by atoms with van der Waals surface area (Å²) in [5, 5.41) is 4.17. The van der Waals surface area contributed by atoms with E-state index in [9.17, 15) is 4.79 Å². The average molecular weight is 302 g/mol. The summed E-state index contributed by atoms with van der Waals surface area (Å²) in [5.41, 5.74) is 8.16. The highest BCUT2D eigenvalue weighted by Gasteiger charge is 2.32. The van der Waals surface area contributed by atoms with Crippen LogP contribution in [-0.4, -0.2) is 24.5 Å². The smallest absolute Gasteiger partial charge is 0.258 e. The van der Waals surface area contributed by atoms with Crippen molar-refractivity contribution in [2.45, 2.75) is 18.9 Å². The van der Waals surface area contributed by atoms with Crippen LogP contribution in [0.15, 0.2) is 35.0 Å². The maximum absolute atomic E-state index is 12.9. The van der Waals surface area contributed by atoms with Crippen molar-refractivity contribution < 1.29 is 9.53 Å². The van der Waals surface area contributed by atoms with Gasteiger partial charge in [0.05, 0.1) is 18.7 Å². The second-order valence-electron chi connectivity index (χ2n) is 5.17. The van der Waals surface area contributed by atoms with E-state index in [1.807, 2.05) is 4.90 Å². The molecule has 4 nitrogen and oxygen atoms in total. The van der Waals surface area contributed by atoms with E-state index in [-0.39, 0.29) is 11.9 Å². The topological polar surface area (TPSA) is 55.6 Å². The van der Waals surface area contributed by atoms with Crippen LogP contribution in [0.3, 0.4) is 0 Å². The lowest BCUT2D eigenvalue weighted by molar-refractivity contribution is 0.0732. The van der Waals surface area contributed by atoms with Crippen molar-refractivity contribution in [3.63, 3.8) is 0 Å². The van der Waals surface area contributed by atoms with Gasteiger partial charge in [-0.05, 0) is 53.4 Å². The SMILES string of the molecule is COc1ccc(N)cc1C(=O)N1CCCC1c1ccsc1. The summed E-state index contributed by atoms with van der Waals surface area (Å²) in [4.78, 5) is 14.8. The molecule has 0 aliphatic carbocycles. The molecule has 110 valence electrons. The number of rotatable bonds is 3. The number of carbonyl (C=O) groups excluding carboxylic acids is 1. The van der Waals surface area contributed by atoms with Gasteiger partial charge in [0, 0.05) is 12.2 Å². The minimum Gasteiger partial charge on any atom is -0.496 e. The van der Waals surface area contributed by atoms with Crippen molar-refractivity contribution >= 4 is 22.9 Å². The molecule has 1 unspecified atom stereocenters. The lowest BCUT2D eigenvalue weighted by Crippen LogP contribution is -2.30. The number of nitrogens with two attached hydrogens (primary N) is 1. The quantitative estimate of drug-likeness (QED) is 0.885. The Bertz CT molecular complexity index is 640. The largest absolute Gasteiger partial charge is 0.496 e. The molecule has 5 heteroatoms. The Morgan fingerprint density at radius 1 is 1.43 bits per heavy atom. The maximum atomic E-state index is 12.9. The molecule has 3 rings (SSSR count). The predicted octanol–water partition coefficient (Wildman–Crippen LogP) is 3.32. The third kappa shape index (κ3) is 2.61. The molecule has 2 N–H and O–H groups in total. The van der Waals surface area contributed by atoms with Gasteiger partial charge in [-0.2, -0.15) is 11.3 Å². The molecule has 1 aromatic heterocycles. The summed E-state index contributed by atoms with van der Waals surface area (Å²) < 4.78 is 5.31. The van der Waals surface area contributed by atoms with Gasteiger partial charge >= 0.3 is 0 Å². The minimum absolute atomic E-state index is 0.00662. The van der Waals surface area contributed by atoms with Gasteiger partial charge in [0.25, 0.3) is 5.91 Å². The molecular weight excluding hydrogens is 284 g/mol. The number of hydrogen-bond donors (Lipinski definition) is 1. The number of benzene rings is 1. The number of hydrogen-bond acceptors (Lipinski definition) is 4. The summed E-state index contributed by atoms with van der Waals surface area (Å²) in [6.45, 7) is 0.775. The lowest BCUT2D eigenvalue weighted by Gasteiger charge is -2.25. The molecule has 1 aliphatic rings. The molecule has 1 saturated heterocycles. The first-order chi connectivity index (χ1) is 10.2. The Labute approximate surface area is 128 Å². The van der Waals surface area contributed by atoms with Crippen molar-refractivity contribution in [3.05, 3.63) is 46.2 Å². The van der Waals surface area contributed by atoms with E-state index in [0.29, 0.717) is 17.0 Å². The fourth-order valence-electron chi connectivity index (χ4n) is 2.87. The van der Waals surface area contributed by atoms with Gasteiger partial charge in [0.2, 0.25) is 0 Å². The van der Waals surface area contributed by atoms with Crippen molar-refractivity contribution in [2.75, 3.05) is 19.4 Å². The fraction of sp³-hybridized carbons (Fsp3) is 0.312. The minimum atomic E-state index is -0.00662. The number of thiophene rings is 1. The Balaban J connectivity index is 1.93. The molecule has 1 amide bonds. The Morgan fingerprint density at radius 3 is 3.00 bits per heavy atom. The van der Waals surface area contributed by atoms with Gasteiger partial charge < -0.3 is 15.4 Å². The van der Waals surface area contributed by atoms with Crippen LogP contribution in [0.4, 0.5) is 5.69 Å². The fourth-order valence-corrected chi connectivity index (χ4v) is 3.58. The standard InChI is InChI=1S/C16H18N2O2S/c1-20-15-5-4-12(17)9-13(15)16(19)18-7-2-3-14(18)11-6-8-21-10-11/h4-6,8-10,14H,2-3,7,17H2,1H3. The van der Waals surface area contributed by atoms with Gasteiger partial charge in [0.15, 0.2) is 0 Å². The monoisotopic (exact) mass is 302 g/mol. The van der Waals surface area contributed by atoms with E-state index in [2.05, 4.69) is 16.8 Å². The molecule has 21 heavy (non-hydrogen) atoms. The molecule has 0 saturated carbocycles. The zero-order valence-corrected chi connectivity index (χ0v) is 12.7. The summed E-state index contributed by atoms with van der Waals surface area (Å²) in [7, 11) is 1.57. The number of amides is 1. The van der Waals surface area contributed by atoms with Crippen LogP contribution >= 0.6 is 11.3 Å². The molecular formula is C16H18N2O2S. The van der Waals surface area contributed by atoms with Crippen LogP contribution in [0, 0.1) is 0 Å². The first-order valence-electron chi connectivity index (χ1n) is 6.97. The number of anilines is 1. The number of likely N-dealkylation sites (tertiary alicyclic amines) is 1. The van der Waals surface area contributed by atoms with Crippen LogP contribution < -0.4 is 10.5 Å². The number of methoxy groups -OCH3 is 1. The van der Waals surface area contributed by atoms with Crippen LogP contribution in [0.25, 0.3) is 0 Å². The van der Waals surface area contributed by atoms with Crippen LogP contribution in [0.5, 0.6) is 5.75 Å². The number of carbonyl (C=O) groups is 1. The Kier molecular flexibility index (Phi) is 3.84. The normalized spacial score (nSPS) is 18.0. The first-order valence-corrected chi connectivity index (χ1v) is 7.91. The van der Waals surface area contributed by atoms with E-state index < -0.39 is 0 Å². The maximum Gasteiger partial charge on any atom is 0.258 e. The lowest BCUT2D eigenvalue weighted by atomic mass is 10.1. The van der Waals surface area contributed by atoms with E-state index >= 15 is 0 Å². The van der Waals surface area contributed by atoms with E-state index in [0.717, 1.165) is 19.4 Å². The molecule has 0 radical (unpaired) electrons. The highest BCUT2D eigenvalue weighted by Crippen LogP contribution is 2.35. The van der Waals surface area contributed by atoms with Crippen molar-refractivity contribution in [1.82, 2.24) is 4.90 Å². The molecule has 1 aromatic carbocycles. The summed E-state index contributed by atoms with van der Waals surface area (Å²) in [6, 6.07) is 7.45. The number of ether oxygens (including phenoxy) is 1. The zero-order chi connectivity index (χ0) is 14.8. The molecule has 1 fully saturated rings. The van der Waals surface area contributed by atoms with Gasteiger partial charge in [-0.1, -0.05) is 0 Å². The summed E-state index contributed by atoms with van der Waals surface area (Å²) in [6.07, 6.45) is 2.03.